The Bertz CT molecular complexity index is 956. The molecule has 0 aromatic heterocycles. The lowest BCUT2D eigenvalue weighted by Crippen LogP contribution is -2.48. The second-order valence-corrected chi connectivity index (χ2v) is 5.91. The van der Waals surface area contributed by atoms with E-state index in [2.05, 4.69) is 33.7 Å². The molecule has 0 saturated heterocycles. The van der Waals surface area contributed by atoms with E-state index >= 15 is 0 Å². The van der Waals surface area contributed by atoms with Gasteiger partial charge in [0.05, 0.1) is 13.2 Å². The second-order valence-electron chi connectivity index (χ2n) is 5.91. The number of nitrogens with two attached hydrogens (primary N) is 1. The molecule has 0 aliphatic heterocycles. The molecule has 0 bridgehead atoms. The van der Waals surface area contributed by atoms with Crippen molar-refractivity contribution >= 4 is 17.6 Å². The molecule has 1 amide bonds. The Labute approximate surface area is 163 Å². The highest BCUT2D eigenvalue weighted by atomic mass is 16.5. The summed E-state index contributed by atoms with van der Waals surface area (Å²) in [6, 6.07) is 12.5. The fraction of sp³-hybridized carbons (Fsp3) is 0.182. The van der Waals surface area contributed by atoms with Crippen LogP contribution < -0.4 is 11.1 Å². The maximum Gasteiger partial charge on any atom is 0.331 e. The molecule has 4 N–H and O–H groups in total. The van der Waals surface area contributed by atoms with Crippen LogP contribution in [0.25, 0.3) is 0 Å². The van der Waals surface area contributed by atoms with E-state index in [0.29, 0.717) is 16.8 Å². The van der Waals surface area contributed by atoms with Crippen LogP contribution in [-0.2, 0) is 9.53 Å². The molecule has 6 heteroatoms. The van der Waals surface area contributed by atoms with Gasteiger partial charge in [-0.3, -0.25) is 4.79 Å². The molecular weight excluding hydrogens is 356 g/mol. The minimum Gasteiger partial charge on any atom is -0.467 e. The zero-order chi connectivity index (χ0) is 20.5. The minimum atomic E-state index is -1.14. The van der Waals surface area contributed by atoms with Crippen LogP contribution in [0.3, 0.4) is 0 Å². The molecule has 28 heavy (non-hydrogen) atoms. The van der Waals surface area contributed by atoms with Gasteiger partial charge in [0.1, 0.15) is 0 Å². The van der Waals surface area contributed by atoms with Crippen LogP contribution in [0.5, 0.6) is 0 Å². The monoisotopic (exact) mass is 376 g/mol. The van der Waals surface area contributed by atoms with Crippen molar-refractivity contribution in [2.24, 2.45) is 0 Å². The number of ether oxygens (including phenoxy) is 1. The molecule has 6 nitrogen and oxygen atoms in total. The van der Waals surface area contributed by atoms with Crippen LogP contribution in [0, 0.1) is 23.7 Å². The summed E-state index contributed by atoms with van der Waals surface area (Å²) in [7, 11) is 1.19. The first kappa shape index (κ1) is 20.6. The fourth-order valence-corrected chi connectivity index (χ4v) is 2.21. The number of hydrogen-bond acceptors (Lipinski definition) is 5. The number of aliphatic hydroxyl groups is 1. The van der Waals surface area contributed by atoms with E-state index in [0.717, 1.165) is 5.56 Å². The first-order valence-electron chi connectivity index (χ1n) is 8.45. The summed E-state index contributed by atoms with van der Waals surface area (Å²) in [5.74, 6) is 10.1. The minimum absolute atomic E-state index is 0.327. The first-order valence-corrected chi connectivity index (χ1v) is 8.45. The number of methoxy groups -OCH3 is 1. The van der Waals surface area contributed by atoms with Crippen LogP contribution in [0.1, 0.15) is 28.4 Å². The van der Waals surface area contributed by atoms with E-state index < -0.39 is 24.0 Å². The number of nitrogen functional groups attached to an aromatic ring is 1. The van der Waals surface area contributed by atoms with E-state index in [1.54, 1.807) is 36.4 Å². The molecule has 2 aromatic rings. The van der Waals surface area contributed by atoms with Crippen molar-refractivity contribution in [2.45, 2.75) is 19.1 Å². The summed E-state index contributed by atoms with van der Waals surface area (Å²) >= 11 is 0. The van der Waals surface area contributed by atoms with Crippen molar-refractivity contribution in [3.63, 3.8) is 0 Å². The van der Waals surface area contributed by atoms with Gasteiger partial charge in [0.25, 0.3) is 5.91 Å². The SMILES string of the molecule is COC(=O)[C@@H](NC(=O)c1ccc(C#CC#Cc2ccc(N)cc2)cc1)[C@@H](C)O. The summed E-state index contributed by atoms with van der Waals surface area (Å²) in [5, 5.41) is 12.1. The lowest BCUT2D eigenvalue weighted by molar-refractivity contribution is -0.145. The molecule has 0 radical (unpaired) electrons. The Kier molecular flexibility index (Phi) is 7.21. The number of amides is 1. The molecule has 0 saturated carbocycles. The number of carbonyl (C=O) groups is 2. The lowest BCUT2D eigenvalue weighted by atomic mass is 10.1. The highest BCUT2D eigenvalue weighted by molar-refractivity contribution is 5.97. The van der Waals surface area contributed by atoms with Crippen molar-refractivity contribution in [3.8, 4) is 23.7 Å². The van der Waals surface area contributed by atoms with Crippen LogP contribution in [0.15, 0.2) is 48.5 Å². The number of esters is 1. The number of hydrogen-bond donors (Lipinski definition) is 3. The quantitative estimate of drug-likeness (QED) is 0.424. The maximum absolute atomic E-state index is 12.2. The molecule has 2 rings (SSSR count). The number of anilines is 1. The summed E-state index contributed by atoms with van der Waals surface area (Å²) in [6.07, 6.45) is -1.08. The van der Waals surface area contributed by atoms with Gasteiger partial charge in [-0.15, -0.1) is 0 Å². The normalized spacial score (nSPS) is 11.7. The number of rotatable bonds is 4. The van der Waals surface area contributed by atoms with E-state index in [1.807, 2.05) is 12.1 Å². The first-order chi connectivity index (χ1) is 13.4. The van der Waals surface area contributed by atoms with Crippen LogP contribution in [0.4, 0.5) is 5.69 Å². The van der Waals surface area contributed by atoms with E-state index in [-0.39, 0.29) is 0 Å². The van der Waals surface area contributed by atoms with Crippen LogP contribution in [0.2, 0.25) is 0 Å². The average molecular weight is 376 g/mol. The Morgan fingerprint density at radius 2 is 1.50 bits per heavy atom. The molecule has 0 heterocycles. The van der Waals surface area contributed by atoms with E-state index in [4.69, 9.17) is 5.73 Å². The third-order valence-corrected chi connectivity index (χ3v) is 3.76. The van der Waals surface area contributed by atoms with Crippen molar-refractivity contribution in [3.05, 3.63) is 65.2 Å². The number of aliphatic hydroxyl groups excluding tert-OH is 1. The molecule has 0 aliphatic carbocycles. The largest absolute Gasteiger partial charge is 0.467 e. The van der Waals surface area contributed by atoms with Gasteiger partial charge in [-0.2, -0.15) is 0 Å². The highest BCUT2D eigenvalue weighted by Gasteiger charge is 2.26. The molecule has 0 aliphatic rings. The van der Waals surface area contributed by atoms with Gasteiger partial charge >= 0.3 is 5.97 Å². The Morgan fingerprint density at radius 1 is 1.00 bits per heavy atom. The Morgan fingerprint density at radius 3 is 1.96 bits per heavy atom. The predicted octanol–water partition coefficient (Wildman–Crippen LogP) is 1.32. The number of carbonyl (C=O) groups excluding carboxylic acids is 2. The highest BCUT2D eigenvalue weighted by Crippen LogP contribution is 2.06. The number of benzene rings is 2. The Hall–Kier alpha value is -3.74. The van der Waals surface area contributed by atoms with Crippen LogP contribution in [-0.4, -0.2) is 36.2 Å². The molecule has 0 fully saturated rings. The van der Waals surface area contributed by atoms with E-state index in [9.17, 15) is 14.7 Å². The third-order valence-electron chi connectivity index (χ3n) is 3.76. The van der Waals surface area contributed by atoms with Crippen molar-refractivity contribution in [1.29, 1.82) is 0 Å². The summed E-state index contributed by atoms with van der Waals surface area (Å²) in [5.41, 5.74) is 8.11. The third kappa shape index (κ3) is 5.91. The molecule has 0 unspecified atom stereocenters. The second kappa shape index (κ2) is 9.82. The summed E-state index contributed by atoms with van der Waals surface area (Å²) in [6.45, 7) is 1.39. The number of nitrogens with one attached hydrogen (secondary N) is 1. The van der Waals surface area contributed by atoms with Crippen molar-refractivity contribution in [1.82, 2.24) is 5.32 Å². The molecule has 2 atom stereocenters. The van der Waals surface area contributed by atoms with Gasteiger partial charge < -0.3 is 20.9 Å². The summed E-state index contributed by atoms with van der Waals surface area (Å²) < 4.78 is 4.57. The van der Waals surface area contributed by atoms with Gasteiger partial charge in [0.15, 0.2) is 6.04 Å². The van der Waals surface area contributed by atoms with Gasteiger partial charge in [-0.05, 0) is 67.3 Å². The molecule has 0 spiro atoms. The predicted molar refractivity (Wildman–Crippen MR) is 106 cm³/mol. The Balaban J connectivity index is 2.03. The maximum atomic E-state index is 12.2. The molecule has 2 aromatic carbocycles. The standard InChI is InChI=1S/C22H20N2O4/c1-15(25)20(22(27)28-2)24-21(26)18-11-7-16(8-12-18)5-3-4-6-17-9-13-19(23)14-10-17/h7-15,20,25H,23H2,1-2H3,(H,24,26)/t15-,20+/m1/s1. The van der Waals surface area contributed by atoms with Crippen LogP contribution >= 0.6 is 0 Å². The smallest absolute Gasteiger partial charge is 0.331 e. The fourth-order valence-electron chi connectivity index (χ4n) is 2.21. The average Bonchev–Trinajstić information content (AvgIpc) is 2.70. The van der Waals surface area contributed by atoms with Gasteiger partial charge in [0, 0.05) is 22.4 Å². The van der Waals surface area contributed by atoms with Crippen molar-refractivity contribution < 1.29 is 19.4 Å². The van der Waals surface area contributed by atoms with E-state index in [1.165, 1.54) is 14.0 Å². The van der Waals surface area contributed by atoms with Gasteiger partial charge in [-0.1, -0.05) is 11.8 Å². The zero-order valence-corrected chi connectivity index (χ0v) is 15.5. The van der Waals surface area contributed by atoms with Gasteiger partial charge in [-0.25, -0.2) is 4.79 Å². The molecule has 142 valence electrons. The van der Waals surface area contributed by atoms with Gasteiger partial charge in [0.2, 0.25) is 0 Å². The van der Waals surface area contributed by atoms with Crippen molar-refractivity contribution in [2.75, 3.05) is 12.8 Å². The topological polar surface area (TPSA) is 102 Å². The molecular formula is C22H20N2O4. The lowest BCUT2D eigenvalue weighted by Gasteiger charge is -2.18. The summed E-state index contributed by atoms with van der Waals surface area (Å²) in [4.78, 5) is 23.8. The zero-order valence-electron chi connectivity index (χ0n) is 15.5.